The molecular weight excluding hydrogens is 290 g/mol. The number of carbonyl (C=O) groups is 1. The molecule has 0 radical (unpaired) electrons. The van der Waals surface area contributed by atoms with Gasteiger partial charge in [0.1, 0.15) is 17.6 Å². The van der Waals surface area contributed by atoms with Crippen molar-refractivity contribution in [2.45, 2.75) is 13.0 Å². The molecule has 110 valence electrons. The quantitative estimate of drug-likeness (QED) is 0.890. The van der Waals surface area contributed by atoms with E-state index in [1.807, 2.05) is 24.3 Å². The number of ether oxygens (including phenoxy) is 1. The number of nitrogens with one attached hydrogen (secondary N) is 2. The Morgan fingerprint density at radius 2 is 2.05 bits per heavy atom. The van der Waals surface area contributed by atoms with Crippen molar-refractivity contribution in [1.82, 2.24) is 4.98 Å². The molecule has 1 heterocycles. The van der Waals surface area contributed by atoms with Crippen LogP contribution >= 0.6 is 11.6 Å². The largest absolute Gasteiger partial charge is 0.495 e. The van der Waals surface area contributed by atoms with Crippen LogP contribution in [0.2, 0.25) is 5.02 Å². The van der Waals surface area contributed by atoms with Crippen LogP contribution in [0.5, 0.6) is 5.75 Å². The highest BCUT2D eigenvalue weighted by Crippen LogP contribution is 2.23. The number of anilines is 2. The van der Waals surface area contributed by atoms with Gasteiger partial charge in [-0.05, 0) is 31.2 Å². The second-order valence-corrected chi connectivity index (χ2v) is 4.85. The summed E-state index contributed by atoms with van der Waals surface area (Å²) >= 11 is 5.75. The van der Waals surface area contributed by atoms with Gasteiger partial charge in [-0.1, -0.05) is 23.7 Å². The molecule has 0 spiro atoms. The molecule has 2 aromatic rings. The van der Waals surface area contributed by atoms with E-state index in [2.05, 4.69) is 15.6 Å². The fraction of sp³-hybridized carbons (Fsp3) is 0.200. The number of methoxy groups -OCH3 is 1. The van der Waals surface area contributed by atoms with E-state index in [1.165, 1.54) is 6.20 Å². The van der Waals surface area contributed by atoms with Gasteiger partial charge in [0.25, 0.3) is 0 Å². The summed E-state index contributed by atoms with van der Waals surface area (Å²) in [5.74, 6) is 0.940. The predicted octanol–water partition coefficient (Wildman–Crippen LogP) is 3.18. The first-order valence-electron chi connectivity index (χ1n) is 6.42. The number of hydrogen-bond acceptors (Lipinski definition) is 4. The number of carbonyl (C=O) groups excluding carboxylic acids is 1. The molecule has 0 aliphatic heterocycles. The predicted molar refractivity (Wildman–Crippen MR) is 84.0 cm³/mol. The minimum atomic E-state index is -0.446. The summed E-state index contributed by atoms with van der Waals surface area (Å²) in [6.45, 7) is 1.76. The summed E-state index contributed by atoms with van der Waals surface area (Å²) < 4.78 is 5.24. The summed E-state index contributed by atoms with van der Waals surface area (Å²) in [6, 6.07) is 10.3. The number of para-hydroxylation sites is 2. The van der Waals surface area contributed by atoms with Crippen molar-refractivity contribution in [2.24, 2.45) is 0 Å². The molecule has 0 saturated carbocycles. The standard InChI is InChI=1S/C15H16ClN3O2/c1-10(18-12-5-3-4-6-13(12)21-2)15(20)19-14-8-7-11(16)9-17-14/h3-10,18H,1-2H3,(H,17,19,20)/t10-/m0/s1. The number of halogens is 1. The van der Waals surface area contributed by atoms with Crippen molar-refractivity contribution in [3.05, 3.63) is 47.6 Å². The molecule has 1 atom stereocenters. The lowest BCUT2D eigenvalue weighted by atomic mass is 10.2. The van der Waals surface area contributed by atoms with E-state index in [4.69, 9.17) is 16.3 Å². The molecule has 6 heteroatoms. The summed E-state index contributed by atoms with van der Waals surface area (Å²) in [5, 5.41) is 6.34. The summed E-state index contributed by atoms with van der Waals surface area (Å²) in [5.41, 5.74) is 0.756. The highest BCUT2D eigenvalue weighted by atomic mass is 35.5. The zero-order chi connectivity index (χ0) is 15.2. The lowest BCUT2D eigenvalue weighted by molar-refractivity contribution is -0.116. The SMILES string of the molecule is COc1ccccc1N[C@@H](C)C(=O)Nc1ccc(Cl)cn1. The molecule has 1 aromatic carbocycles. The first-order valence-corrected chi connectivity index (χ1v) is 6.80. The molecule has 0 saturated heterocycles. The number of amides is 1. The van der Waals surface area contributed by atoms with Crippen molar-refractivity contribution in [2.75, 3.05) is 17.7 Å². The third-order valence-electron chi connectivity index (χ3n) is 2.85. The van der Waals surface area contributed by atoms with Crippen LogP contribution < -0.4 is 15.4 Å². The molecular formula is C15H16ClN3O2. The Morgan fingerprint density at radius 3 is 2.71 bits per heavy atom. The van der Waals surface area contributed by atoms with Crippen LogP contribution in [0.1, 0.15) is 6.92 Å². The van der Waals surface area contributed by atoms with E-state index >= 15 is 0 Å². The fourth-order valence-electron chi connectivity index (χ4n) is 1.75. The summed E-state index contributed by atoms with van der Waals surface area (Å²) in [6.07, 6.45) is 1.48. The van der Waals surface area contributed by atoms with Gasteiger partial charge in [0.05, 0.1) is 17.8 Å². The van der Waals surface area contributed by atoms with E-state index in [1.54, 1.807) is 26.2 Å². The van der Waals surface area contributed by atoms with Crippen LogP contribution in [-0.4, -0.2) is 24.0 Å². The molecule has 21 heavy (non-hydrogen) atoms. The fourth-order valence-corrected chi connectivity index (χ4v) is 1.86. The van der Waals surface area contributed by atoms with Crippen LogP contribution in [-0.2, 0) is 4.79 Å². The van der Waals surface area contributed by atoms with E-state index in [0.717, 1.165) is 5.69 Å². The van der Waals surface area contributed by atoms with E-state index in [9.17, 15) is 4.79 Å². The van der Waals surface area contributed by atoms with Crippen LogP contribution in [0, 0.1) is 0 Å². The lowest BCUT2D eigenvalue weighted by Gasteiger charge is -2.17. The van der Waals surface area contributed by atoms with Crippen LogP contribution in [0.4, 0.5) is 11.5 Å². The van der Waals surface area contributed by atoms with Crippen molar-refractivity contribution in [3.63, 3.8) is 0 Å². The normalized spacial score (nSPS) is 11.6. The maximum absolute atomic E-state index is 12.1. The van der Waals surface area contributed by atoms with E-state index < -0.39 is 6.04 Å². The van der Waals surface area contributed by atoms with E-state index in [0.29, 0.717) is 16.6 Å². The van der Waals surface area contributed by atoms with Gasteiger partial charge >= 0.3 is 0 Å². The van der Waals surface area contributed by atoms with Gasteiger partial charge in [-0.25, -0.2) is 4.98 Å². The molecule has 1 aromatic heterocycles. The zero-order valence-electron chi connectivity index (χ0n) is 11.8. The molecule has 2 N–H and O–H groups in total. The van der Waals surface area contributed by atoms with Crippen LogP contribution in [0.25, 0.3) is 0 Å². The van der Waals surface area contributed by atoms with Gasteiger partial charge in [0, 0.05) is 6.20 Å². The summed E-state index contributed by atoms with van der Waals surface area (Å²) in [7, 11) is 1.59. The third kappa shape index (κ3) is 4.10. The van der Waals surface area contributed by atoms with Gasteiger partial charge in [-0.15, -0.1) is 0 Å². The maximum Gasteiger partial charge on any atom is 0.247 e. The summed E-state index contributed by atoms with van der Waals surface area (Å²) in [4.78, 5) is 16.1. The highest BCUT2D eigenvalue weighted by molar-refractivity contribution is 6.30. The smallest absolute Gasteiger partial charge is 0.247 e. The Labute approximate surface area is 128 Å². The molecule has 0 aliphatic carbocycles. The first kappa shape index (κ1) is 15.1. The average Bonchev–Trinajstić information content (AvgIpc) is 2.50. The molecule has 5 nitrogen and oxygen atoms in total. The van der Waals surface area contributed by atoms with Crippen molar-refractivity contribution in [3.8, 4) is 5.75 Å². The molecule has 0 fully saturated rings. The molecule has 0 unspecified atom stereocenters. The lowest BCUT2D eigenvalue weighted by Crippen LogP contribution is -2.32. The number of pyridine rings is 1. The molecule has 2 rings (SSSR count). The minimum Gasteiger partial charge on any atom is -0.495 e. The highest BCUT2D eigenvalue weighted by Gasteiger charge is 2.15. The average molecular weight is 306 g/mol. The number of rotatable bonds is 5. The minimum absolute atomic E-state index is 0.198. The number of hydrogen-bond donors (Lipinski definition) is 2. The Balaban J connectivity index is 2.01. The Bertz CT molecular complexity index is 617. The van der Waals surface area contributed by atoms with Gasteiger partial charge in [0.15, 0.2) is 0 Å². The zero-order valence-corrected chi connectivity index (χ0v) is 12.5. The second kappa shape index (κ2) is 6.95. The monoisotopic (exact) mass is 305 g/mol. The Hall–Kier alpha value is -2.27. The van der Waals surface area contributed by atoms with Gasteiger partial charge in [0.2, 0.25) is 5.91 Å². The van der Waals surface area contributed by atoms with E-state index in [-0.39, 0.29) is 5.91 Å². The first-order chi connectivity index (χ1) is 10.1. The topological polar surface area (TPSA) is 63.2 Å². The number of nitrogens with zero attached hydrogens (tertiary/aromatic N) is 1. The molecule has 0 aliphatic rings. The van der Waals surface area contributed by atoms with Gasteiger partial charge < -0.3 is 15.4 Å². The molecule has 1 amide bonds. The van der Waals surface area contributed by atoms with Gasteiger partial charge in [-0.2, -0.15) is 0 Å². The van der Waals surface area contributed by atoms with Crippen LogP contribution in [0.15, 0.2) is 42.6 Å². The van der Waals surface area contributed by atoms with Crippen molar-refractivity contribution >= 4 is 29.0 Å². The molecule has 0 bridgehead atoms. The second-order valence-electron chi connectivity index (χ2n) is 4.42. The van der Waals surface area contributed by atoms with Gasteiger partial charge in [-0.3, -0.25) is 4.79 Å². The third-order valence-corrected chi connectivity index (χ3v) is 3.07. The Kier molecular flexibility index (Phi) is 5.00. The van der Waals surface area contributed by atoms with Crippen molar-refractivity contribution in [1.29, 1.82) is 0 Å². The maximum atomic E-state index is 12.1. The van der Waals surface area contributed by atoms with Crippen molar-refractivity contribution < 1.29 is 9.53 Å². The number of aromatic nitrogens is 1. The Morgan fingerprint density at radius 1 is 1.29 bits per heavy atom. The van der Waals surface area contributed by atoms with Crippen LogP contribution in [0.3, 0.4) is 0 Å². The number of benzene rings is 1.